The minimum atomic E-state index is -0.790. The van der Waals surface area contributed by atoms with Crippen molar-refractivity contribution in [3.8, 4) is 0 Å². The Balaban J connectivity index is 2.29. The fourth-order valence-corrected chi connectivity index (χ4v) is 3.33. The van der Waals surface area contributed by atoms with Crippen LogP contribution in [0.2, 0.25) is 10.0 Å². The first-order chi connectivity index (χ1) is 13.7. The Labute approximate surface area is 181 Å². The number of hydrogen-bond acceptors (Lipinski definition) is 2. The smallest absolute Gasteiger partial charge is 0.242 e. The molecule has 0 bridgehead atoms. The normalized spacial score (nSPS) is 12.0. The van der Waals surface area contributed by atoms with Crippen LogP contribution < -0.4 is 5.32 Å². The molecule has 2 aromatic carbocycles. The molecule has 0 spiro atoms. The van der Waals surface area contributed by atoms with Crippen LogP contribution in [0.1, 0.15) is 31.9 Å². The maximum absolute atomic E-state index is 14.2. The number of rotatable bonds is 8. The molecule has 7 heteroatoms. The summed E-state index contributed by atoms with van der Waals surface area (Å²) in [5.74, 6) is -0.830. The van der Waals surface area contributed by atoms with Gasteiger partial charge in [0.05, 0.1) is 6.42 Å². The molecule has 0 aliphatic carbocycles. The molecule has 156 valence electrons. The number of halogens is 3. The van der Waals surface area contributed by atoms with E-state index in [1.54, 1.807) is 43.3 Å². The van der Waals surface area contributed by atoms with Gasteiger partial charge in [0.15, 0.2) is 0 Å². The van der Waals surface area contributed by atoms with Crippen molar-refractivity contribution in [2.75, 3.05) is 6.54 Å². The molecule has 0 saturated heterocycles. The SMILES string of the molecule is CC(C)CNC(=O)C(C)N(Cc1ccccc1F)C(=O)Cc1c(Cl)cccc1Cl. The molecule has 2 rings (SSSR count). The van der Waals surface area contributed by atoms with Gasteiger partial charge in [-0.2, -0.15) is 0 Å². The number of carbonyl (C=O) groups excluding carboxylic acids is 2. The van der Waals surface area contributed by atoms with Crippen LogP contribution in [0.25, 0.3) is 0 Å². The Hall–Kier alpha value is -2.11. The zero-order valence-corrected chi connectivity index (χ0v) is 18.2. The maximum atomic E-state index is 14.2. The molecule has 1 unspecified atom stereocenters. The number of nitrogens with one attached hydrogen (secondary N) is 1. The van der Waals surface area contributed by atoms with Crippen LogP contribution in [0.15, 0.2) is 42.5 Å². The van der Waals surface area contributed by atoms with Gasteiger partial charge in [0, 0.05) is 28.7 Å². The van der Waals surface area contributed by atoms with E-state index < -0.39 is 11.9 Å². The molecule has 0 aliphatic heterocycles. The van der Waals surface area contributed by atoms with Crippen molar-refractivity contribution in [1.29, 1.82) is 0 Å². The molecule has 1 atom stereocenters. The summed E-state index contributed by atoms with van der Waals surface area (Å²) >= 11 is 12.4. The number of hydrogen-bond donors (Lipinski definition) is 1. The Bertz CT molecular complexity index is 853. The van der Waals surface area contributed by atoms with Gasteiger partial charge in [-0.15, -0.1) is 0 Å². The lowest BCUT2D eigenvalue weighted by Crippen LogP contribution is -2.48. The minimum absolute atomic E-state index is 0.0379. The van der Waals surface area contributed by atoms with Crippen LogP contribution in [0, 0.1) is 11.7 Å². The van der Waals surface area contributed by atoms with Gasteiger partial charge in [-0.05, 0) is 36.6 Å². The summed E-state index contributed by atoms with van der Waals surface area (Å²) in [5, 5.41) is 3.56. The summed E-state index contributed by atoms with van der Waals surface area (Å²) in [6.45, 7) is 6.03. The van der Waals surface area contributed by atoms with Crippen molar-refractivity contribution in [1.82, 2.24) is 10.2 Å². The highest BCUT2D eigenvalue weighted by Gasteiger charge is 2.27. The highest BCUT2D eigenvalue weighted by atomic mass is 35.5. The van der Waals surface area contributed by atoms with Gasteiger partial charge < -0.3 is 10.2 Å². The van der Waals surface area contributed by atoms with Crippen molar-refractivity contribution < 1.29 is 14.0 Å². The van der Waals surface area contributed by atoms with Crippen molar-refractivity contribution in [3.05, 3.63) is 69.5 Å². The van der Waals surface area contributed by atoms with Crippen LogP contribution in [0.4, 0.5) is 4.39 Å². The Morgan fingerprint density at radius 1 is 1.03 bits per heavy atom. The third-order valence-electron chi connectivity index (χ3n) is 4.54. The van der Waals surface area contributed by atoms with E-state index in [-0.39, 0.29) is 30.7 Å². The monoisotopic (exact) mass is 438 g/mol. The molecular formula is C22H25Cl2FN2O2. The summed E-state index contributed by atoms with van der Waals surface area (Å²) in [7, 11) is 0. The number of carbonyl (C=O) groups is 2. The van der Waals surface area contributed by atoms with E-state index in [1.807, 2.05) is 13.8 Å². The molecule has 2 amide bonds. The van der Waals surface area contributed by atoms with Gasteiger partial charge in [0.1, 0.15) is 11.9 Å². The highest BCUT2D eigenvalue weighted by molar-refractivity contribution is 6.36. The fraction of sp³-hybridized carbons (Fsp3) is 0.364. The van der Waals surface area contributed by atoms with E-state index in [0.29, 0.717) is 27.7 Å². The summed E-state index contributed by atoms with van der Waals surface area (Å²) in [6.07, 6.45) is -0.0885. The second-order valence-electron chi connectivity index (χ2n) is 7.31. The molecule has 29 heavy (non-hydrogen) atoms. The van der Waals surface area contributed by atoms with Crippen molar-refractivity contribution >= 4 is 35.0 Å². The predicted octanol–water partition coefficient (Wildman–Crippen LogP) is 4.86. The van der Waals surface area contributed by atoms with E-state index in [4.69, 9.17) is 23.2 Å². The van der Waals surface area contributed by atoms with Crippen LogP contribution in [0.5, 0.6) is 0 Å². The van der Waals surface area contributed by atoms with Crippen LogP contribution >= 0.6 is 23.2 Å². The Morgan fingerprint density at radius 3 is 2.24 bits per heavy atom. The molecule has 2 aromatic rings. The Kier molecular flexibility index (Phi) is 8.47. The van der Waals surface area contributed by atoms with Gasteiger partial charge in [-0.3, -0.25) is 9.59 Å². The molecule has 0 radical (unpaired) electrons. The Morgan fingerprint density at radius 2 is 1.66 bits per heavy atom. The van der Waals surface area contributed by atoms with Crippen molar-refractivity contribution in [3.63, 3.8) is 0 Å². The van der Waals surface area contributed by atoms with E-state index in [9.17, 15) is 14.0 Å². The highest BCUT2D eigenvalue weighted by Crippen LogP contribution is 2.26. The summed E-state index contributed by atoms with van der Waals surface area (Å²) in [6, 6.07) is 10.4. The lowest BCUT2D eigenvalue weighted by atomic mass is 10.1. The standard InChI is InChI=1S/C22H25Cl2FN2O2/c1-14(2)12-26-22(29)15(3)27(13-16-7-4-5-10-20(16)25)21(28)11-17-18(23)8-6-9-19(17)24/h4-10,14-15H,11-13H2,1-3H3,(H,26,29). The van der Waals surface area contributed by atoms with Crippen molar-refractivity contribution in [2.45, 2.75) is 39.8 Å². The van der Waals surface area contributed by atoms with E-state index in [2.05, 4.69) is 5.32 Å². The van der Waals surface area contributed by atoms with E-state index in [1.165, 1.54) is 11.0 Å². The molecule has 1 N–H and O–H groups in total. The lowest BCUT2D eigenvalue weighted by Gasteiger charge is -2.29. The summed E-state index contributed by atoms with van der Waals surface area (Å²) in [5.41, 5.74) is 0.809. The average Bonchev–Trinajstić information content (AvgIpc) is 2.67. The second kappa shape index (κ2) is 10.6. The molecule has 0 heterocycles. The molecule has 0 aliphatic rings. The first kappa shape index (κ1) is 23.2. The van der Waals surface area contributed by atoms with Crippen LogP contribution in [0.3, 0.4) is 0 Å². The van der Waals surface area contributed by atoms with Crippen molar-refractivity contribution in [2.24, 2.45) is 5.92 Å². The molecule has 0 aromatic heterocycles. The van der Waals surface area contributed by atoms with E-state index >= 15 is 0 Å². The second-order valence-corrected chi connectivity index (χ2v) is 8.12. The van der Waals surface area contributed by atoms with Gasteiger partial charge in [-0.1, -0.05) is 61.3 Å². The van der Waals surface area contributed by atoms with Gasteiger partial charge in [0.25, 0.3) is 0 Å². The molecule has 0 fully saturated rings. The minimum Gasteiger partial charge on any atom is -0.354 e. The van der Waals surface area contributed by atoms with Crippen LogP contribution in [-0.4, -0.2) is 29.3 Å². The first-order valence-electron chi connectivity index (χ1n) is 9.44. The number of amides is 2. The lowest BCUT2D eigenvalue weighted by molar-refractivity contribution is -0.140. The fourth-order valence-electron chi connectivity index (χ4n) is 2.80. The van der Waals surface area contributed by atoms with Gasteiger partial charge in [0.2, 0.25) is 11.8 Å². The molecular weight excluding hydrogens is 414 g/mol. The van der Waals surface area contributed by atoms with Crippen LogP contribution in [-0.2, 0) is 22.6 Å². The summed E-state index contributed by atoms with van der Waals surface area (Å²) in [4.78, 5) is 27.1. The van der Waals surface area contributed by atoms with E-state index in [0.717, 1.165) is 0 Å². The molecule has 4 nitrogen and oxygen atoms in total. The predicted molar refractivity (Wildman–Crippen MR) is 114 cm³/mol. The largest absolute Gasteiger partial charge is 0.354 e. The summed E-state index contributed by atoms with van der Waals surface area (Å²) < 4.78 is 14.2. The third kappa shape index (κ3) is 6.44. The average molecular weight is 439 g/mol. The quantitative estimate of drug-likeness (QED) is 0.639. The molecule has 0 saturated carbocycles. The third-order valence-corrected chi connectivity index (χ3v) is 5.25. The number of benzene rings is 2. The topological polar surface area (TPSA) is 49.4 Å². The van der Waals surface area contributed by atoms with Gasteiger partial charge in [-0.25, -0.2) is 4.39 Å². The maximum Gasteiger partial charge on any atom is 0.242 e. The first-order valence-corrected chi connectivity index (χ1v) is 10.2. The zero-order valence-electron chi connectivity index (χ0n) is 16.7. The van der Waals surface area contributed by atoms with Gasteiger partial charge >= 0.3 is 0 Å². The zero-order chi connectivity index (χ0) is 21.6. The number of nitrogens with zero attached hydrogens (tertiary/aromatic N) is 1.